The molecular weight excluding hydrogens is 328 g/mol. The van der Waals surface area contributed by atoms with Crippen LogP contribution in [0.4, 0.5) is 0 Å². The Morgan fingerprint density at radius 2 is 1.58 bits per heavy atom. The lowest BCUT2D eigenvalue weighted by Crippen LogP contribution is -2.06. The van der Waals surface area contributed by atoms with Crippen molar-refractivity contribution in [2.75, 3.05) is 0 Å². The van der Waals surface area contributed by atoms with Crippen molar-refractivity contribution in [3.63, 3.8) is 0 Å². The average molecular weight is 342 g/mol. The van der Waals surface area contributed by atoms with E-state index >= 15 is 0 Å². The molecular formula is C17H14N2O4S. The molecule has 0 heterocycles. The minimum atomic E-state index is -4.10. The summed E-state index contributed by atoms with van der Waals surface area (Å²) < 4.78 is 28.7. The molecule has 0 aliphatic heterocycles. The molecule has 2 aromatic rings. The number of benzene rings is 2. The van der Waals surface area contributed by atoms with Crippen molar-refractivity contribution in [2.24, 2.45) is 5.16 Å². The van der Waals surface area contributed by atoms with Gasteiger partial charge in [0.25, 0.3) is 0 Å². The van der Waals surface area contributed by atoms with Crippen molar-refractivity contribution < 1.29 is 17.5 Å². The minimum absolute atomic E-state index is 0.0546. The van der Waals surface area contributed by atoms with Gasteiger partial charge in [-0.25, -0.2) is 0 Å². The van der Waals surface area contributed by atoms with Gasteiger partial charge in [-0.1, -0.05) is 47.1 Å². The Labute approximate surface area is 140 Å². The first kappa shape index (κ1) is 17.4. The van der Waals surface area contributed by atoms with Gasteiger partial charge in [-0.15, -0.1) is 0 Å². The van der Waals surface area contributed by atoms with Gasteiger partial charge in [-0.3, -0.25) is 9.08 Å². The van der Waals surface area contributed by atoms with Crippen LogP contribution in [0, 0.1) is 18.3 Å². The molecule has 122 valence electrons. The van der Waals surface area contributed by atoms with Crippen molar-refractivity contribution in [3.8, 4) is 6.07 Å². The molecule has 0 atom stereocenters. The van der Waals surface area contributed by atoms with Gasteiger partial charge in [0.05, 0.1) is 0 Å². The molecule has 7 heteroatoms. The monoisotopic (exact) mass is 342 g/mol. The molecule has 0 saturated carbocycles. The third-order valence-corrected chi connectivity index (χ3v) is 4.33. The molecule has 24 heavy (non-hydrogen) atoms. The average Bonchev–Trinajstić information content (AvgIpc) is 2.56. The zero-order valence-corrected chi connectivity index (χ0v) is 13.9. The maximum absolute atomic E-state index is 12.1. The summed E-state index contributed by atoms with van der Waals surface area (Å²) in [6, 6.07) is 13.9. The van der Waals surface area contributed by atoms with Crippen LogP contribution in [0.25, 0.3) is 0 Å². The van der Waals surface area contributed by atoms with Crippen LogP contribution in [0.5, 0.6) is 0 Å². The first-order valence-electron chi connectivity index (χ1n) is 6.93. The highest BCUT2D eigenvalue weighted by atomic mass is 32.2. The summed E-state index contributed by atoms with van der Waals surface area (Å²) in [4.78, 5) is 11.2. The van der Waals surface area contributed by atoms with E-state index < -0.39 is 10.1 Å². The Hall–Kier alpha value is -2.98. The third-order valence-electron chi connectivity index (χ3n) is 3.21. The molecule has 0 fully saturated rings. The second-order valence-electron chi connectivity index (χ2n) is 5.03. The van der Waals surface area contributed by atoms with Crippen LogP contribution < -0.4 is 0 Å². The van der Waals surface area contributed by atoms with Crippen molar-refractivity contribution in [3.05, 3.63) is 65.2 Å². The third kappa shape index (κ3) is 4.06. The van der Waals surface area contributed by atoms with E-state index in [9.17, 15) is 13.2 Å². The number of aryl methyl sites for hydroxylation is 1. The zero-order valence-electron chi connectivity index (χ0n) is 13.1. The fourth-order valence-corrected chi connectivity index (χ4v) is 2.56. The van der Waals surface area contributed by atoms with Crippen LogP contribution in [-0.2, 0) is 14.4 Å². The molecule has 2 rings (SSSR count). The highest BCUT2D eigenvalue weighted by Crippen LogP contribution is 2.14. The molecule has 0 radical (unpaired) electrons. The van der Waals surface area contributed by atoms with Gasteiger partial charge in [-0.05, 0) is 26.0 Å². The standard InChI is InChI=1S/C17H14N2O4S/c1-12-3-9-16(10-4-12)24(21,22)23-19-17(11-18)15-7-5-14(6-8-15)13(2)20/h3-10H,1-2H3. The Morgan fingerprint density at radius 1 is 1.04 bits per heavy atom. The highest BCUT2D eigenvalue weighted by molar-refractivity contribution is 7.86. The quantitative estimate of drug-likeness (QED) is 0.473. The van der Waals surface area contributed by atoms with Crippen molar-refractivity contribution >= 4 is 21.6 Å². The summed E-state index contributed by atoms with van der Waals surface area (Å²) in [6.45, 7) is 3.25. The van der Waals surface area contributed by atoms with E-state index in [4.69, 9.17) is 5.26 Å². The van der Waals surface area contributed by atoms with E-state index in [1.807, 2.05) is 6.92 Å². The van der Waals surface area contributed by atoms with Gasteiger partial charge in [0, 0.05) is 11.1 Å². The maximum Gasteiger partial charge on any atom is 0.358 e. The van der Waals surface area contributed by atoms with E-state index in [2.05, 4.69) is 9.44 Å². The van der Waals surface area contributed by atoms with Crippen molar-refractivity contribution in [2.45, 2.75) is 18.7 Å². The highest BCUT2D eigenvalue weighted by Gasteiger charge is 2.16. The zero-order chi connectivity index (χ0) is 17.7. The lowest BCUT2D eigenvalue weighted by molar-refractivity contribution is 0.101. The van der Waals surface area contributed by atoms with Crippen molar-refractivity contribution in [1.82, 2.24) is 0 Å². The minimum Gasteiger partial charge on any atom is -0.295 e. The predicted molar refractivity (Wildman–Crippen MR) is 88.0 cm³/mol. The predicted octanol–water partition coefficient (Wildman–Crippen LogP) is 2.83. The van der Waals surface area contributed by atoms with Crippen LogP contribution in [-0.4, -0.2) is 19.9 Å². The number of carbonyl (C=O) groups is 1. The molecule has 0 aliphatic carbocycles. The molecule has 0 saturated heterocycles. The van der Waals surface area contributed by atoms with E-state index in [1.165, 1.54) is 43.3 Å². The fourth-order valence-electron chi connectivity index (χ4n) is 1.83. The molecule has 0 amide bonds. The summed E-state index contributed by atoms with van der Waals surface area (Å²) in [5, 5.41) is 12.6. The first-order chi connectivity index (χ1) is 11.3. The number of rotatable bonds is 5. The summed E-state index contributed by atoms with van der Waals surface area (Å²) in [5.74, 6) is -0.116. The number of ketones is 1. The van der Waals surface area contributed by atoms with E-state index in [-0.39, 0.29) is 16.4 Å². The summed E-state index contributed by atoms with van der Waals surface area (Å²) in [7, 11) is -4.10. The number of nitriles is 1. The molecule has 0 aliphatic rings. The molecule has 0 aromatic heterocycles. The summed E-state index contributed by atoms with van der Waals surface area (Å²) in [5.41, 5.74) is 1.52. The lowest BCUT2D eigenvalue weighted by Gasteiger charge is -2.03. The second-order valence-corrected chi connectivity index (χ2v) is 6.56. The number of nitrogens with zero attached hydrogens (tertiary/aromatic N) is 2. The van der Waals surface area contributed by atoms with Crippen LogP contribution in [0.3, 0.4) is 0 Å². The second kappa shape index (κ2) is 7.06. The van der Waals surface area contributed by atoms with Crippen LogP contribution >= 0.6 is 0 Å². The fraction of sp³-hybridized carbons (Fsp3) is 0.118. The van der Waals surface area contributed by atoms with E-state index in [0.29, 0.717) is 11.1 Å². The maximum atomic E-state index is 12.1. The van der Waals surface area contributed by atoms with Gasteiger partial charge in [0.1, 0.15) is 11.0 Å². The number of oxime groups is 1. The largest absolute Gasteiger partial charge is 0.358 e. The molecule has 0 unspecified atom stereocenters. The van der Waals surface area contributed by atoms with Crippen LogP contribution in [0.15, 0.2) is 58.6 Å². The smallest absolute Gasteiger partial charge is 0.295 e. The number of hydrogen-bond donors (Lipinski definition) is 0. The molecule has 0 spiro atoms. The first-order valence-corrected chi connectivity index (χ1v) is 8.34. The lowest BCUT2D eigenvalue weighted by atomic mass is 10.1. The molecule has 2 aromatic carbocycles. The summed E-state index contributed by atoms with van der Waals surface area (Å²) >= 11 is 0. The van der Waals surface area contributed by atoms with Gasteiger partial charge >= 0.3 is 10.1 Å². The van der Waals surface area contributed by atoms with E-state index in [0.717, 1.165) is 5.56 Å². The number of carbonyl (C=O) groups excluding carboxylic acids is 1. The Kier molecular flexibility index (Phi) is 5.11. The topological polar surface area (TPSA) is 96.6 Å². The Morgan fingerprint density at radius 3 is 2.08 bits per heavy atom. The van der Waals surface area contributed by atoms with Gasteiger partial charge < -0.3 is 0 Å². The van der Waals surface area contributed by atoms with Gasteiger partial charge in [0.2, 0.25) is 0 Å². The van der Waals surface area contributed by atoms with Gasteiger partial charge in [-0.2, -0.15) is 13.7 Å². The SMILES string of the molecule is CC(=O)c1ccc(C(C#N)=NOS(=O)(=O)c2ccc(C)cc2)cc1. The summed E-state index contributed by atoms with van der Waals surface area (Å²) in [6.07, 6.45) is 0. The molecule has 6 nitrogen and oxygen atoms in total. The van der Waals surface area contributed by atoms with Crippen molar-refractivity contribution in [1.29, 1.82) is 5.26 Å². The number of Topliss-reactive ketones (excluding diaryl/α,β-unsaturated/α-hetero) is 1. The Bertz CT molecular complexity index is 922. The molecule has 0 bridgehead atoms. The van der Waals surface area contributed by atoms with Crippen LogP contribution in [0.2, 0.25) is 0 Å². The van der Waals surface area contributed by atoms with E-state index in [1.54, 1.807) is 18.2 Å². The Balaban J connectivity index is 2.26. The van der Waals surface area contributed by atoms with Gasteiger partial charge in [0.15, 0.2) is 11.5 Å². The number of hydrogen-bond acceptors (Lipinski definition) is 6. The normalized spacial score (nSPS) is 11.6. The molecule has 0 N–H and O–H groups in total. The van der Waals surface area contributed by atoms with Crippen LogP contribution in [0.1, 0.15) is 28.4 Å².